The standard InChI is InChI=1S/C18H34N4O2/c1-5-19-18(20-14-16(23)17-11-9-13-24-17)21-15(4)10-8-12-22(6-2)7-3/h9,11,13,15-16,23H,5-8,10,12,14H2,1-4H3,(H2,19,20,21). The number of aliphatic imine (C=N–C) groups is 1. The molecule has 0 spiro atoms. The van der Waals surface area contributed by atoms with Crippen molar-refractivity contribution in [1.29, 1.82) is 0 Å². The monoisotopic (exact) mass is 338 g/mol. The van der Waals surface area contributed by atoms with E-state index in [0.29, 0.717) is 11.8 Å². The van der Waals surface area contributed by atoms with E-state index in [4.69, 9.17) is 4.42 Å². The Morgan fingerprint density at radius 1 is 1.33 bits per heavy atom. The highest BCUT2D eigenvalue weighted by Gasteiger charge is 2.11. The molecule has 0 aromatic carbocycles. The number of nitrogens with one attached hydrogen (secondary N) is 2. The van der Waals surface area contributed by atoms with Gasteiger partial charge in [-0.15, -0.1) is 0 Å². The molecule has 0 bridgehead atoms. The lowest BCUT2D eigenvalue weighted by molar-refractivity contribution is 0.158. The second-order valence-corrected chi connectivity index (χ2v) is 5.97. The minimum absolute atomic E-state index is 0.273. The summed E-state index contributed by atoms with van der Waals surface area (Å²) in [6.45, 7) is 13.0. The average molecular weight is 338 g/mol. The fourth-order valence-corrected chi connectivity index (χ4v) is 2.54. The Hall–Kier alpha value is -1.53. The SMILES string of the molecule is CCNC(=NCC(O)c1ccco1)NC(C)CCCN(CC)CC. The largest absolute Gasteiger partial charge is 0.467 e. The molecule has 0 aliphatic rings. The van der Waals surface area contributed by atoms with Crippen molar-refractivity contribution in [3.63, 3.8) is 0 Å². The lowest BCUT2D eigenvalue weighted by atomic mass is 10.2. The molecule has 0 saturated carbocycles. The Kier molecular flexibility index (Phi) is 10.2. The third-order valence-electron chi connectivity index (χ3n) is 4.03. The lowest BCUT2D eigenvalue weighted by Crippen LogP contribution is -2.42. The molecule has 0 amide bonds. The van der Waals surface area contributed by atoms with E-state index in [1.54, 1.807) is 18.4 Å². The third-order valence-corrected chi connectivity index (χ3v) is 4.03. The predicted octanol–water partition coefficient (Wildman–Crippen LogP) is 2.38. The van der Waals surface area contributed by atoms with Crippen LogP contribution in [0, 0.1) is 0 Å². The molecule has 0 radical (unpaired) electrons. The quantitative estimate of drug-likeness (QED) is 0.427. The molecule has 0 saturated heterocycles. The Labute approximate surface area is 146 Å². The molecule has 6 heteroatoms. The molecule has 1 aromatic heterocycles. The van der Waals surface area contributed by atoms with Crippen LogP contribution < -0.4 is 10.6 Å². The Balaban J connectivity index is 2.41. The minimum atomic E-state index is -0.714. The van der Waals surface area contributed by atoms with Crippen molar-refractivity contribution in [2.75, 3.05) is 32.7 Å². The maximum absolute atomic E-state index is 10.1. The molecular formula is C18H34N4O2. The van der Waals surface area contributed by atoms with Gasteiger partial charge in [-0.2, -0.15) is 0 Å². The first-order valence-corrected chi connectivity index (χ1v) is 9.09. The number of aliphatic hydroxyl groups excluding tert-OH is 1. The lowest BCUT2D eigenvalue weighted by Gasteiger charge is -2.21. The van der Waals surface area contributed by atoms with Gasteiger partial charge in [-0.3, -0.25) is 4.99 Å². The van der Waals surface area contributed by atoms with Crippen LogP contribution in [0.3, 0.4) is 0 Å². The number of hydrogen-bond acceptors (Lipinski definition) is 4. The highest BCUT2D eigenvalue weighted by atomic mass is 16.4. The van der Waals surface area contributed by atoms with Gasteiger partial charge in [0.05, 0.1) is 12.8 Å². The molecule has 1 rings (SSSR count). The number of nitrogens with zero attached hydrogens (tertiary/aromatic N) is 2. The van der Waals surface area contributed by atoms with E-state index < -0.39 is 6.10 Å². The molecule has 2 atom stereocenters. The zero-order valence-electron chi connectivity index (χ0n) is 15.6. The van der Waals surface area contributed by atoms with Crippen LogP contribution in [0.5, 0.6) is 0 Å². The number of furan rings is 1. The molecule has 3 N–H and O–H groups in total. The molecule has 2 unspecified atom stereocenters. The van der Waals surface area contributed by atoms with E-state index >= 15 is 0 Å². The van der Waals surface area contributed by atoms with Crippen molar-refractivity contribution < 1.29 is 9.52 Å². The topological polar surface area (TPSA) is 73.0 Å². The van der Waals surface area contributed by atoms with Crippen molar-refractivity contribution >= 4 is 5.96 Å². The maximum Gasteiger partial charge on any atom is 0.191 e. The molecular weight excluding hydrogens is 304 g/mol. The fourth-order valence-electron chi connectivity index (χ4n) is 2.54. The Bertz CT molecular complexity index is 444. The van der Waals surface area contributed by atoms with Crippen LogP contribution in [-0.2, 0) is 0 Å². The first kappa shape index (κ1) is 20.5. The number of hydrogen-bond donors (Lipinski definition) is 3. The number of guanidine groups is 1. The zero-order valence-corrected chi connectivity index (χ0v) is 15.6. The third kappa shape index (κ3) is 7.84. The van der Waals surface area contributed by atoms with E-state index in [0.717, 1.165) is 45.0 Å². The van der Waals surface area contributed by atoms with Gasteiger partial charge in [0.25, 0.3) is 0 Å². The van der Waals surface area contributed by atoms with Crippen molar-refractivity contribution in [2.45, 2.75) is 52.7 Å². The van der Waals surface area contributed by atoms with E-state index in [-0.39, 0.29) is 6.54 Å². The van der Waals surface area contributed by atoms with Crippen molar-refractivity contribution in [3.05, 3.63) is 24.2 Å². The molecule has 138 valence electrons. The summed E-state index contributed by atoms with van der Waals surface area (Å²) < 4.78 is 5.20. The molecule has 0 aliphatic carbocycles. The van der Waals surface area contributed by atoms with Crippen LogP contribution >= 0.6 is 0 Å². The van der Waals surface area contributed by atoms with Crippen LogP contribution in [0.4, 0.5) is 0 Å². The highest BCUT2D eigenvalue weighted by molar-refractivity contribution is 5.80. The molecule has 1 aromatic rings. The predicted molar refractivity (Wildman–Crippen MR) is 99.3 cm³/mol. The van der Waals surface area contributed by atoms with E-state index in [1.165, 1.54) is 0 Å². The highest BCUT2D eigenvalue weighted by Crippen LogP contribution is 2.12. The van der Waals surface area contributed by atoms with Crippen molar-refractivity contribution in [1.82, 2.24) is 15.5 Å². The van der Waals surface area contributed by atoms with Gasteiger partial charge in [0.2, 0.25) is 0 Å². The van der Waals surface area contributed by atoms with Gasteiger partial charge in [-0.25, -0.2) is 0 Å². The van der Waals surface area contributed by atoms with E-state index in [2.05, 4.69) is 41.3 Å². The molecule has 0 aliphatic heterocycles. The van der Waals surface area contributed by atoms with Crippen molar-refractivity contribution in [2.24, 2.45) is 4.99 Å². The second-order valence-electron chi connectivity index (χ2n) is 5.97. The average Bonchev–Trinajstić information content (AvgIpc) is 3.11. The van der Waals surface area contributed by atoms with Crippen LogP contribution in [0.25, 0.3) is 0 Å². The summed E-state index contributed by atoms with van der Waals surface area (Å²) in [5.74, 6) is 1.28. The molecule has 0 fully saturated rings. The summed E-state index contributed by atoms with van der Waals surface area (Å²) >= 11 is 0. The van der Waals surface area contributed by atoms with Crippen molar-refractivity contribution in [3.8, 4) is 0 Å². The summed E-state index contributed by atoms with van der Waals surface area (Å²) in [5.41, 5.74) is 0. The van der Waals surface area contributed by atoms with E-state index in [9.17, 15) is 5.11 Å². The summed E-state index contributed by atoms with van der Waals surface area (Å²) in [7, 11) is 0. The smallest absolute Gasteiger partial charge is 0.191 e. The molecule has 1 heterocycles. The Morgan fingerprint density at radius 3 is 2.67 bits per heavy atom. The van der Waals surface area contributed by atoms with Gasteiger partial charge >= 0.3 is 0 Å². The van der Waals surface area contributed by atoms with Gasteiger partial charge in [-0.05, 0) is 58.5 Å². The van der Waals surface area contributed by atoms with Crippen LogP contribution in [0.2, 0.25) is 0 Å². The molecule has 24 heavy (non-hydrogen) atoms. The first-order chi connectivity index (χ1) is 11.6. The van der Waals surface area contributed by atoms with Gasteiger partial charge in [0, 0.05) is 12.6 Å². The minimum Gasteiger partial charge on any atom is -0.467 e. The number of rotatable bonds is 11. The van der Waals surface area contributed by atoms with Gasteiger partial charge in [0.15, 0.2) is 5.96 Å². The number of aliphatic hydroxyl groups is 1. The Morgan fingerprint density at radius 2 is 2.08 bits per heavy atom. The van der Waals surface area contributed by atoms with Crippen LogP contribution in [0.15, 0.2) is 27.8 Å². The fraction of sp³-hybridized carbons (Fsp3) is 0.722. The summed E-state index contributed by atoms with van der Waals surface area (Å²) in [4.78, 5) is 6.90. The summed E-state index contributed by atoms with van der Waals surface area (Å²) in [6.07, 6.45) is 3.09. The molecule has 6 nitrogen and oxygen atoms in total. The van der Waals surface area contributed by atoms with Gasteiger partial charge in [-0.1, -0.05) is 13.8 Å². The zero-order chi connectivity index (χ0) is 17.8. The summed E-state index contributed by atoms with van der Waals surface area (Å²) in [5, 5.41) is 16.7. The second kappa shape index (κ2) is 11.9. The van der Waals surface area contributed by atoms with Gasteiger partial charge < -0.3 is 25.1 Å². The first-order valence-electron chi connectivity index (χ1n) is 9.09. The normalized spacial score (nSPS) is 14.7. The van der Waals surface area contributed by atoms with Crippen LogP contribution in [0.1, 0.15) is 52.4 Å². The summed E-state index contributed by atoms with van der Waals surface area (Å²) in [6, 6.07) is 3.86. The van der Waals surface area contributed by atoms with Gasteiger partial charge in [0.1, 0.15) is 11.9 Å². The maximum atomic E-state index is 10.1. The van der Waals surface area contributed by atoms with E-state index in [1.807, 2.05) is 6.92 Å². The van der Waals surface area contributed by atoms with Crippen LogP contribution in [-0.4, -0.2) is 54.7 Å².